The van der Waals surface area contributed by atoms with Crippen molar-refractivity contribution in [2.75, 3.05) is 13.7 Å². The molecule has 100 valence electrons. The minimum Gasteiger partial charge on any atom is -0.486 e. The Morgan fingerprint density at radius 2 is 2.11 bits per heavy atom. The molecule has 0 spiro atoms. The summed E-state index contributed by atoms with van der Waals surface area (Å²) in [5, 5.41) is 4.26. The van der Waals surface area contributed by atoms with Crippen LogP contribution in [-0.2, 0) is 16.6 Å². The lowest BCUT2D eigenvalue weighted by molar-refractivity contribution is -0.136. The van der Waals surface area contributed by atoms with E-state index in [1.54, 1.807) is 10.8 Å². The zero-order chi connectivity index (χ0) is 13.7. The van der Waals surface area contributed by atoms with Crippen molar-refractivity contribution in [1.82, 2.24) is 9.78 Å². The van der Waals surface area contributed by atoms with E-state index < -0.39 is 0 Å². The molecule has 0 aliphatic carbocycles. The topological polar surface area (TPSA) is 53.4 Å². The van der Waals surface area contributed by atoms with Crippen LogP contribution in [0.15, 0.2) is 11.6 Å². The van der Waals surface area contributed by atoms with E-state index in [9.17, 15) is 4.79 Å². The van der Waals surface area contributed by atoms with Crippen molar-refractivity contribution in [2.24, 2.45) is 7.05 Å². The van der Waals surface area contributed by atoms with Gasteiger partial charge < -0.3 is 9.47 Å². The lowest BCUT2D eigenvalue weighted by Crippen LogP contribution is -2.06. The molecule has 0 saturated heterocycles. The Labute approximate surface area is 107 Å². The molecule has 0 aliphatic heterocycles. The van der Waals surface area contributed by atoms with Crippen molar-refractivity contribution < 1.29 is 14.3 Å². The second-order valence-electron chi connectivity index (χ2n) is 4.01. The first-order valence-corrected chi connectivity index (χ1v) is 5.91. The molecule has 1 heterocycles. The number of carbonyl (C=O) groups excluding carboxylic acids is 1. The highest BCUT2D eigenvalue weighted by atomic mass is 16.5. The van der Waals surface area contributed by atoms with Crippen LogP contribution in [0.3, 0.4) is 0 Å². The van der Waals surface area contributed by atoms with E-state index in [0.717, 1.165) is 17.1 Å². The third kappa shape index (κ3) is 3.12. The van der Waals surface area contributed by atoms with E-state index in [-0.39, 0.29) is 5.97 Å². The van der Waals surface area contributed by atoms with Crippen LogP contribution in [0.1, 0.15) is 24.7 Å². The summed E-state index contributed by atoms with van der Waals surface area (Å²) in [5.74, 6) is 0.467. The zero-order valence-corrected chi connectivity index (χ0v) is 11.6. The summed E-state index contributed by atoms with van der Waals surface area (Å²) in [6.07, 6.45) is 2.37. The minimum atomic E-state index is -0.305. The lowest BCUT2D eigenvalue weighted by Gasteiger charge is -2.05. The van der Waals surface area contributed by atoms with Gasteiger partial charge in [0.15, 0.2) is 5.75 Å². The average molecular weight is 252 g/mol. The fraction of sp³-hybridized carbons (Fsp3) is 0.538. The minimum absolute atomic E-state index is 0.305. The predicted molar refractivity (Wildman–Crippen MR) is 68.6 cm³/mol. The highest BCUT2D eigenvalue weighted by molar-refractivity contribution is 5.88. The molecular weight excluding hydrogens is 232 g/mol. The van der Waals surface area contributed by atoms with E-state index in [4.69, 9.17) is 4.74 Å². The maximum atomic E-state index is 11.4. The summed E-state index contributed by atoms with van der Waals surface area (Å²) in [4.78, 5) is 11.4. The van der Waals surface area contributed by atoms with Gasteiger partial charge in [0.2, 0.25) is 0 Å². The number of aromatic nitrogens is 2. The lowest BCUT2D eigenvalue weighted by atomic mass is 10.2. The number of carbonyl (C=O) groups is 1. The molecule has 0 amide bonds. The van der Waals surface area contributed by atoms with Crippen molar-refractivity contribution in [3.8, 4) is 5.75 Å². The third-order valence-corrected chi connectivity index (χ3v) is 2.83. The Bertz CT molecular complexity index is 461. The van der Waals surface area contributed by atoms with E-state index in [1.165, 1.54) is 7.11 Å². The highest BCUT2D eigenvalue weighted by Gasteiger charge is 2.11. The van der Waals surface area contributed by atoms with Gasteiger partial charge in [-0.15, -0.1) is 0 Å². The van der Waals surface area contributed by atoms with Crippen LogP contribution >= 0.6 is 0 Å². The van der Waals surface area contributed by atoms with E-state index >= 15 is 0 Å². The van der Waals surface area contributed by atoms with Crippen LogP contribution in [0.5, 0.6) is 5.75 Å². The van der Waals surface area contributed by atoms with Gasteiger partial charge in [-0.1, -0.05) is 6.92 Å². The van der Waals surface area contributed by atoms with Gasteiger partial charge in [-0.2, -0.15) is 5.10 Å². The Hall–Kier alpha value is -1.78. The SMILES string of the molecule is CCC(=CCOc1c(C)nn(C)c1C)C(=O)OC. The third-order valence-electron chi connectivity index (χ3n) is 2.83. The molecule has 0 N–H and O–H groups in total. The fourth-order valence-corrected chi connectivity index (χ4v) is 1.69. The van der Waals surface area contributed by atoms with Crippen molar-refractivity contribution >= 4 is 5.97 Å². The standard InChI is InChI=1S/C13H20N2O3/c1-6-11(13(16)17-5)7-8-18-12-9(2)14-15(4)10(12)3/h7H,6,8H2,1-5H3. The first kappa shape index (κ1) is 14.3. The molecule has 0 atom stereocenters. The van der Waals surface area contributed by atoms with Gasteiger partial charge in [0.05, 0.1) is 12.8 Å². The quantitative estimate of drug-likeness (QED) is 0.593. The summed E-state index contributed by atoms with van der Waals surface area (Å²) in [6, 6.07) is 0. The number of hydrogen-bond donors (Lipinski definition) is 0. The molecule has 0 fully saturated rings. The van der Waals surface area contributed by atoms with Crippen LogP contribution in [0.25, 0.3) is 0 Å². The first-order chi connectivity index (χ1) is 8.51. The predicted octanol–water partition coefficient (Wildman–Crippen LogP) is 1.93. The fourth-order valence-electron chi connectivity index (χ4n) is 1.69. The molecule has 1 aromatic rings. The number of methoxy groups -OCH3 is 1. The Balaban J connectivity index is 2.70. The van der Waals surface area contributed by atoms with Crippen LogP contribution in [-0.4, -0.2) is 29.5 Å². The Kier molecular flexibility index (Phi) is 4.95. The van der Waals surface area contributed by atoms with Crippen molar-refractivity contribution in [2.45, 2.75) is 27.2 Å². The van der Waals surface area contributed by atoms with Crippen molar-refractivity contribution in [3.63, 3.8) is 0 Å². The van der Waals surface area contributed by atoms with Crippen LogP contribution in [0, 0.1) is 13.8 Å². The molecule has 1 aromatic heterocycles. The number of ether oxygens (including phenoxy) is 2. The molecule has 5 heteroatoms. The monoisotopic (exact) mass is 252 g/mol. The van der Waals surface area contributed by atoms with Crippen LogP contribution < -0.4 is 4.74 Å². The molecule has 1 rings (SSSR count). The summed E-state index contributed by atoms with van der Waals surface area (Å²) in [6.45, 7) is 6.09. The second kappa shape index (κ2) is 6.23. The van der Waals surface area contributed by atoms with Crippen LogP contribution in [0.2, 0.25) is 0 Å². The van der Waals surface area contributed by atoms with Gasteiger partial charge in [-0.3, -0.25) is 4.68 Å². The molecule has 0 unspecified atom stereocenters. The smallest absolute Gasteiger partial charge is 0.333 e. The van der Waals surface area contributed by atoms with E-state index in [0.29, 0.717) is 18.6 Å². The molecule has 0 aromatic carbocycles. The summed E-state index contributed by atoms with van der Waals surface area (Å²) < 4.78 is 12.1. The number of nitrogens with zero attached hydrogens (tertiary/aromatic N) is 2. The average Bonchev–Trinajstić information content (AvgIpc) is 2.59. The van der Waals surface area contributed by atoms with Gasteiger partial charge in [0, 0.05) is 12.6 Å². The maximum Gasteiger partial charge on any atom is 0.333 e. The second-order valence-corrected chi connectivity index (χ2v) is 4.01. The Morgan fingerprint density at radius 1 is 1.44 bits per heavy atom. The summed E-state index contributed by atoms with van der Waals surface area (Å²) in [5.41, 5.74) is 2.44. The first-order valence-electron chi connectivity index (χ1n) is 5.91. The van der Waals surface area contributed by atoms with Gasteiger partial charge in [0.1, 0.15) is 12.3 Å². The normalized spacial score (nSPS) is 11.5. The number of rotatable bonds is 5. The molecular formula is C13H20N2O3. The van der Waals surface area contributed by atoms with Gasteiger partial charge >= 0.3 is 5.97 Å². The molecule has 0 aliphatic rings. The van der Waals surface area contributed by atoms with Gasteiger partial charge in [0.25, 0.3) is 0 Å². The van der Waals surface area contributed by atoms with Crippen molar-refractivity contribution in [1.29, 1.82) is 0 Å². The number of hydrogen-bond acceptors (Lipinski definition) is 4. The number of aryl methyl sites for hydroxylation is 2. The summed E-state index contributed by atoms with van der Waals surface area (Å²) in [7, 11) is 3.25. The van der Waals surface area contributed by atoms with Crippen LogP contribution in [0.4, 0.5) is 0 Å². The molecule has 0 radical (unpaired) electrons. The van der Waals surface area contributed by atoms with E-state index in [1.807, 2.05) is 27.8 Å². The van der Waals surface area contributed by atoms with E-state index in [2.05, 4.69) is 9.84 Å². The van der Waals surface area contributed by atoms with Gasteiger partial charge in [-0.25, -0.2) is 4.79 Å². The molecule has 0 saturated carbocycles. The Morgan fingerprint density at radius 3 is 2.56 bits per heavy atom. The molecule has 18 heavy (non-hydrogen) atoms. The zero-order valence-electron chi connectivity index (χ0n) is 11.6. The summed E-state index contributed by atoms with van der Waals surface area (Å²) >= 11 is 0. The maximum absolute atomic E-state index is 11.4. The van der Waals surface area contributed by atoms with Crippen molar-refractivity contribution in [3.05, 3.63) is 23.0 Å². The van der Waals surface area contributed by atoms with Gasteiger partial charge in [-0.05, 0) is 26.3 Å². The molecule has 0 bridgehead atoms. The number of esters is 1. The highest BCUT2D eigenvalue weighted by Crippen LogP contribution is 2.21. The molecule has 5 nitrogen and oxygen atoms in total. The largest absolute Gasteiger partial charge is 0.486 e.